The van der Waals surface area contributed by atoms with Gasteiger partial charge in [-0.05, 0) is 29.1 Å². The second-order valence-electron chi connectivity index (χ2n) is 5.76. The van der Waals surface area contributed by atoms with Crippen LogP contribution in [-0.4, -0.2) is 28.9 Å². The molecule has 0 bridgehead atoms. The molecule has 2 heterocycles. The van der Waals surface area contributed by atoms with E-state index in [0.717, 1.165) is 15.9 Å². The van der Waals surface area contributed by atoms with Crippen molar-refractivity contribution in [2.24, 2.45) is 0 Å². The number of fused-ring (bicyclic) bond motifs is 1. The normalized spacial score (nSPS) is 11.3. The summed E-state index contributed by atoms with van der Waals surface area (Å²) in [5.41, 5.74) is 0.0620. The Morgan fingerprint density at radius 2 is 1.89 bits per heavy atom. The molecule has 0 amide bonds. The van der Waals surface area contributed by atoms with Crippen LogP contribution in [0.4, 0.5) is 13.6 Å². The van der Waals surface area contributed by atoms with E-state index in [0.29, 0.717) is 15.8 Å². The van der Waals surface area contributed by atoms with E-state index in [1.807, 2.05) is 0 Å². The van der Waals surface area contributed by atoms with Gasteiger partial charge in [0, 0.05) is 17.4 Å². The molecule has 148 valence electrons. The number of nitrogens with zero attached hydrogens (tertiary/aromatic N) is 1. The molecule has 1 aromatic carbocycles. The lowest BCUT2D eigenvalue weighted by atomic mass is 9.96. The minimum atomic E-state index is -2.74. The first-order chi connectivity index (χ1) is 13.3. The third-order valence-electron chi connectivity index (χ3n) is 4.09. The predicted molar refractivity (Wildman–Crippen MR) is 105 cm³/mol. The minimum absolute atomic E-state index is 0.0567. The predicted octanol–water partition coefficient (Wildman–Crippen LogP) is 5.54. The van der Waals surface area contributed by atoms with Crippen LogP contribution in [0.1, 0.15) is 5.56 Å². The van der Waals surface area contributed by atoms with Crippen LogP contribution in [0.3, 0.4) is 0 Å². The molecule has 0 fully saturated rings. The van der Waals surface area contributed by atoms with E-state index in [9.17, 15) is 18.4 Å². The van der Waals surface area contributed by atoms with Crippen molar-refractivity contribution < 1.29 is 23.4 Å². The monoisotopic (exact) mass is 447 g/mol. The number of carbonyl (C=O) groups is 1. The summed E-state index contributed by atoms with van der Waals surface area (Å²) in [6.45, 7) is -0.996. The molecule has 0 aliphatic rings. The second kappa shape index (κ2) is 8.46. The fourth-order valence-electron chi connectivity index (χ4n) is 3.03. The Kier molecular flexibility index (Phi) is 6.22. The number of alkyl halides is 2. The molecule has 0 radical (unpaired) electrons. The van der Waals surface area contributed by atoms with Gasteiger partial charge in [-0.25, -0.2) is 13.6 Å². The van der Waals surface area contributed by atoms with Crippen LogP contribution in [0.5, 0.6) is 0 Å². The fourth-order valence-corrected chi connectivity index (χ4v) is 4.55. The van der Waals surface area contributed by atoms with E-state index in [4.69, 9.17) is 28.3 Å². The zero-order valence-corrected chi connectivity index (χ0v) is 16.5. The van der Waals surface area contributed by atoms with Crippen LogP contribution in [0.2, 0.25) is 10.0 Å². The third-order valence-corrected chi connectivity index (χ3v) is 5.65. The van der Waals surface area contributed by atoms with Crippen LogP contribution < -0.4 is 5.56 Å². The Morgan fingerprint density at radius 1 is 1.21 bits per heavy atom. The van der Waals surface area contributed by atoms with Crippen molar-refractivity contribution >= 4 is 50.9 Å². The number of aromatic nitrogens is 1. The molecule has 3 aromatic rings. The van der Waals surface area contributed by atoms with Crippen LogP contribution in [-0.2, 0) is 17.7 Å². The lowest BCUT2D eigenvalue weighted by Gasteiger charge is -2.17. The van der Waals surface area contributed by atoms with Gasteiger partial charge in [-0.1, -0.05) is 29.3 Å². The van der Waals surface area contributed by atoms with E-state index in [2.05, 4.69) is 4.74 Å². The zero-order chi connectivity index (χ0) is 20.4. The van der Waals surface area contributed by atoms with Gasteiger partial charge >= 0.3 is 6.16 Å². The summed E-state index contributed by atoms with van der Waals surface area (Å²) in [7, 11) is 0. The molecule has 10 heteroatoms. The van der Waals surface area contributed by atoms with Gasteiger partial charge in [0.2, 0.25) is 0 Å². The SMILES string of the molecule is O=C(O)OCCc1c(-c2c(Cl)cccc2Cl)c(=O)n(CC(F)F)c2sccc12. The highest BCUT2D eigenvalue weighted by Crippen LogP contribution is 2.38. The number of rotatable bonds is 6. The first-order valence-corrected chi connectivity index (χ1v) is 9.66. The summed E-state index contributed by atoms with van der Waals surface area (Å²) in [6.07, 6.45) is -4.13. The summed E-state index contributed by atoms with van der Waals surface area (Å²) in [4.78, 5) is 24.3. The van der Waals surface area contributed by atoms with E-state index in [-0.39, 0.29) is 34.2 Å². The van der Waals surface area contributed by atoms with Crippen LogP contribution in [0.15, 0.2) is 34.4 Å². The summed E-state index contributed by atoms with van der Waals surface area (Å²) >= 11 is 13.7. The molecular weight excluding hydrogens is 435 g/mol. The van der Waals surface area contributed by atoms with E-state index < -0.39 is 24.7 Å². The number of ether oxygens (including phenoxy) is 1. The lowest BCUT2D eigenvalue weighted by Crippen LogP contribution is -2.26. The Hall–Kier alpha value is -2.16. The number of benzene rings is 1. The summed E-state index contributed by atoms with van der Waals surface area (Å²) < 4.78 is 31.8. The highest BCUT2D eigenvalue weighted by Gasteiger charge is 2.24. The zero-order valence-electron chi connectivity index (χ0n) is 14.1. The Balaban J connectivity index is 2.33. The van der Waals surface area contributed by atoms with Crippen LogP contribution in [0.25, 0.3) is 21.3 Å². The topological polar surface area (TPSA) is 68.5 Å². The molecule has 0 unspecified atom stereocenters. The maximum absolute atomic E-state index is 13.2. The number of pyridine rings is 1. The number of thiophene rings is 1. The molecule has 0 saturated carbocycles. The van der Waals surface area contributed by atoms with Gasteiger partial charge in [-0.3, -0.25) is 9.36 Å². The quantitative estimate of drug-likeness (QED) is 0.503. The first kappa shape index (κ1) is 20.6. The van der Waals surface area contributed by atoms with Crippen molar-refractivity contribution in [3.8, 4) is 11.1 Å². The van der Waals surface area contributed by atoms with Gasteiger partial charge in [0.05, 0.1) is 28.8 Å². The third kappa shape index (κ3) is 3.99. The Morgan fingerprint density at radius 3 is 2.50 bits per heavy atom. The van der Waals surface area contributed by atoms with Gasteiger partial charge < -0.3 is 9.84 Å². The molecule has 1 N–H and O–H groups in total. The van der Waals surface area contributed by atoms with Crippen molar-refractivity contribution in [3.63, 3.8) is 0 Å². The average molecular weight is 448 g/mol. The highest BCUT2D eigenvalue weighted by molar-refractivity contribution is 7.16. The highest BCUT2D eigenvalue weighted by atomic mass is 35.5. The summed E-state index contributed by atoms with van der Waals surface area (Å²) in [6, 6.07) is 6.36. The molecule has 28 heavy (non-hydrogen) atoms. The lowest BCUT2D eigenvalue weighted by molar-refractivity contribution is 0.0927. The fraction of sp³-hybridized carbons (Fsp3) is 0.222. The molecular formula is C18H13Cl2F2NO4S. The molecule has 0 aliphatic carbocycles. The first-order valence-electron chi connectivity index (χ1n) is 8.02. The maximum Gasteiger partial charge on any atom is 0.505 e. The number of hydrogen-bond acceptors (Lipinski definition) is 4. The molecule has 5 nitrogen and oxygen atoms in total. The van der Waals surface area contributed by atoms with Crippen LogP contribution >= 0.6 is 34.5 Å². The molecule has 0 spiro atoms. The van der Waals surface area contributed by atoms with Gasteiger partial charge in [0.15, 0.2) is 0 Å². The number of halogens is 4. The average Bonchev–Trinajstić information content (AvgIpc) is 3.09. The van der Waals surface area contributed by atoms with E-state index in [1.54, 1.807) is 17.5 Å². The largest absolute Gasteiger partial charge is 0.505 e. The summed E-state index contributed by atoms with van der Waals surface area (Å²) in [5.74, 6) is 0. The summed E-state index contributed by atoms with van der Waals surface area (Å²) in [5, 5.41) is 11.3. The number of hydrogen-bond donors (Lipinski definition) is 1. The van der Waals surface area contributed by atoms with Crippen molar-refractivity contribution in [3.05, 3.63) is 55.6 Å². The minimum Gasteiger partial charge on any atom is -0.450 e. The Bertz CT molecular complexity index is 1080. The smallest absolute Gasteiger partial charge is 0.450 e. The van der Waals surface area contributed by atoms with Crippen molar-refractivity contribution in [1.82, 2.24) is 4.57 Å². The molecule has 0 aliphatic heterocycles. The Labute approximate surface area is 171 Å². The van der Waals surface area contributed by atoms with E-state index >= 15 is 0 Å². The van der Waals surface area contributed by atoms with Crippen LogP contribution in [0, 0.1) is 0 Å². The van der Waals surface area contributed by atoms with Crippen molar-refractivity contribution in [2.45, 2.75) is 19.4 Å². The van der Waals surface area contributed by atoms with Crippen molar-refractivity contribution in [1.29, 1.82) is 0 Å². The standard InChI is InChI=1S/C18H13Cl2F2NO4S/c19-11-2-1-3-12(20)15(11)14-9(4-6-27-18(25)26)10-5-7-28-17(10)23(16(14)24)8-13(21)22/h1-3,5,7,13H,4,6,8H2,(H,25,26). The van der Waals surface area contributed by atoms with Gasteiger partial charge in [-0.2, -0.15) is 0 Å². The van der Waals surface area contributed by atoms with Gasteiger partial charge in [0.1, 0.15) is 4.83 Å². The molecule has 0 saturated heterocycles. The van der Waals surface area contributed by atoms with Crippen molar-refractivity contribution in [2.75, 3.05) is 6.61 Å². The molecule has 2 aromatic heterocycles. The number of carboxylic acid groups (broad SMARTS) is 1. The van der Waals surface area contributed by atoms with Gasteiger partial charge in [0.25, 0.3) is 12.0 Å². The molecule has 3 rings (SSSR count). The molecule has 0 atom stereocenters. The maximum atomic E-state index is 13.2. The van der Waals surface area contributed by atoms with Gasteiger partial charge in [-0.15, -0.1) is 11.3 Å². The van der Waals surface area contributed by atoms with E-state index in [1.165, 1.54) is 12.1 Å². The second-order valence-corrected chi connectivity index (χ2v) is 7.47.